The first-order valence-electron chi connectivity index (χ1n) is 14.1. The predicted molar refractivity (Wildman–Crippen MR) is 159 cm³/mol. The van der Waals surface area contributed by atoms with Gasteiger partial charge >= 0.3 is 0 Å². The number of nitrogens with one attached hydrogen (secondary N) is 1. The summed E-state index contributed by atoms with van der Waals surface area (Å²) in [5.74, 6) is 0.225. The first-order valence-corrected chi connectivity index (χ1v) is 14.1. The number of rotatable bonds is 8. The maximum atomic E-state index is 10.6. The summed E-state index contributed by atoms with van der Waals surface area (Å²) in [5, 5.41) is 52.8. The number of epoxide rings is 2. The van der Waals surface area contributed by atoms with E-state index in [2.05, 4.69) is 27.0 Å². The Hall–Kier alpha value is -2.87. The van der Waals surface area contributed by atoms with Gasteiger partial charge in [0.2, 0.25) is 18.1 Å². The van der Waals surface area contributed by atoms with Crippen LogP contribution in [0.5, 0.6) is 0 Å². The van der Waals surface area contributed by atoms with Crippen molar-refractivity contribution in [3.05, 3.63) is 23.8 Å². The fourth-order valence-corrected chi connectivity index (χ4v) is 2.50. The van der Waals surface area contributed by atoms with Crippen molar-refractivity contribution in [2.45, 2.75) is 65.1 Å². The maximum absolute atomic E-state index is 10.6. The molecule has 3 heterocycles. The van der Waals surface area contributed by atoms with Gasteiger partial charge in [0, 0.05) is 23.9 Å². The van der Waals surface area contributed by atoms with Crippen LogP contribution < -0.4 is 5.32 Å². The van der Waals surface area contributed by atoms with Crippen molar-refractivity contribution in [2.24, 2.45) is 15.4 Å². The molecule has 3 fully saturated rings. The topological polar surface area (TPSA) is 234 Å². The number of isocyanates is 2. The van der Waals surface area contributed by atoms with E-state index in [1.165, 1.54) is 18.6 Å². The molecule has 1 aromatic rings. The van der Waals surface area contributed by atoms with Gasteiger partial charge in [-0.2, -0.15) is 9.98 Å². The standard InChI is InChI=1S/C9H6N2O2.C6H11NO.C6H14O3.C3H8O3.C3H6O.C2H4O/c1-7-8(10-5-12)3-2-4-9(7)11-6-13;8-6-4-2-1-3-5-7-6;1-2-6(3-7,4-8)5-9;4-1-3(6)2-5;1-3-2-4-3;1-2-3-1/h2-4H,1H3;1-5H2,(H,7,8);7-9H,2-5H2,1H3;3-6H,1-2H2;3H,2H2,1H3;1-2H2. The number of nitrogens with zero attached hydrogens (tertiary/aromatic N) is 2. The van der Waals surface area contributed by atoms with Gasteiger partial charge in [0.25, 0.3) is 0 Å². The quantitative estimate of drug-likeness (QED) is 0.122. The minimum absolute atomic E-state index is 0.156. The number of aliphatic imine (C=N–C) groups is 2. The minimum atomic E-state index is -0.954. The lowest BCUT2D eigenvalue weighted by molar-refractivity contribution is -0.120. The van der Waals surface area contributed by atoms with Gasteiger partial charge in [-0.05, 0) is 45.2 Å². The molecular formula is C29H49N3O11. The van der Waals surface area contributed by atoms with Crippen LogP contribution in [-0.4, -0.2) is 120 Å². The number of amides is 1. The Labute approximate surface area is 253 Å². The van der Waals surface area contributed by atoms with E-state index in [-0.39, 0.29) is 38.9 Å². The predicted octanol–water partition coefficient (Wildman–Crippen LogP) is 0.720. The minimum Gasteiger partial charge on any atom is -0.396 e. The normalized spacial score (nSPS) is 15.9. The van der Waals surface area contributed by atoms with Crippen LogP contribution in [0.3, 0.4) is 0 Å². The number of aliphatic hydroxyl groups is 6. The fraction of sp³-hybridized carbons (Fsp3) is 0.690. The summed E-state index contributed by atoms with van der Waals surface area (Å²) in [6.07, 6.45) is 7.26. The molecule has 0 aliphatic carbocycles. The third-order valence-corrected chi connectivity index (χ3v) is 5.89. The summed E-state index contributed by atoms with van der Waals surface area (Å²) in [7, 11) is 0. The van der Waals surface area contributed by atoms with Gasteiger partial charge in [0.05, 0.1) is 70.3 Å². The maximum Gasteiger partial charge on any atom is 0.240 e. The Morgan fingerprint density at radius 1 is 0.977 bits per heavy atom. The summed E-state index contributed by atoms with van der Waals surface area (Å²) < 4.78 is 9.21. The van der Waals surface area contributed by atoms with Crippen LogP contribution in [0.4, 0.5) is 11.4 Å². The van der Waals surface area contributed by atoms with Crippen molar-refractivity contribution in [2.75, 3.05) is 59.4 Å². The van der Waals surface area contributed by atoms with Crippen molar-refractivity contribution in [1.82, 2.24) is 5.32 Å². The van der Waals surface area contributed by atoms with Crippen LogP contribution in [0.1, 0.15) is 51.5 Å². The zero-order valence-corrected chi connectivity index (χ0v) is 25.4. The van der Waals surface area contributed by atoms with Crippen molar-refractivity contribution in [3.8, 4) is 0 Å². The van der Waals surface area contributed by atoms with Crippen molar-refractivity contribution in [1.29, 1.82) is 0 Å². The lowest BCUT2D eigenvalue weighted by Crippen LogP contribution is -2.32. The molecule has 1 unspecified atom stereocenters. The highest BCUT2D eigenvalue weighted by Gasteiger charge is 2.24. The first kappa shape index (κ1) is 42.3. The highest BCUT2D eigenvalue weighted by Crippen LogP contribution is 2.26. The van der Waals surface area contributed by atoms with Crippen molar-refractivity contribution < 1.29 is 54.5 Å². The first-order chi connectivity index (χ1) is 20.6. The van der Waals surface area contributed by atoms with Gasteiger partial charge in [-0.25, -0.2) is 9.59 Å². The second kappa shape index (κ2) is 27.9. The van der Waals surface area contributed by atoms with Crippen LogP contribution in [0.2, 0.25) is 0 Å². The molecule has 3 saturated heterocycles. The highest BCUT2D eigenvalue weighted by molar-refractivity contribution is 5.75. The van der Waals surface area contributed by atoms with E-state index in [0.29, 0.717) is 29.5 Å². The van der Waals surface area contributed by atoms with E-state index in [0.717, 1.165) is 45.6 Å². The molecular weight excluding hydrogens is 566 g/mol. The molecule has 3 aliphatic heterocycles. The lowest BCUT2D eigenvalue weighted by Gasteiger charge is -2.24. The summed E-state index contributed by atoms with van der Waals surface area (Å²) >= 11 is 0. The van der Waals surface area contributed by atoms with Gasteiger partial charge in [0.1, 0.15) is 6.10 Å². The summed E-state index contributed by atoms with van der Waals surface area (Å²) in [6, 6.07) is 4.94. The fourth-order valence-electron chi connectivity index (χ4n) is 2.50. The van der Waals surface area contributed by atoms with Crippen LogP contribution in [0.25, 0.3) is 0 Å². The molecule has 0 bridgehead atoms. The monoisotopic (exact) mass is 615 g/mol. The van der Waals surface area contributed by atoms with Crippen LogP contribution in [0, 0.1) is 12.3 Å². The summed E-state index contributed by atoms with van der Waals surface area (Å²) in [5.41, 5.74) is 0.923. The number of carbonyl (C=O) groups is 1. The average Bonchev–Trinajstić information content (AvgIpc) is 3.94. The Morgan fingerprint density at radius 3 is 1.72 bits per heavy atom. The number of aliphatic hydroxyl groups excluding tert-OH is 6. The molecule has 14 nitrogen and oxygen atoms in total. The number of hydrogen-bond acceptors (Lipinski definition) is 13. The van der Waals surface area contributed by atoms with Crippen LogP contribution >= 0.6 is 0 Å². The molecule has 0 saturated carbocycles. The van der Waals surface area contributed by atoms with Gasteiger partial charge < -0.3 is 45.4 Å². The van der Waals surface area contributed by atoms with Crippen LogP contribution in [0.15, 0.2) is 28.2 Å². The molecule has 1 atom stereocenters. The SMILES string of the molecule is C1CO1.CC1CO1.CCC(CO)(CO)CO.Cc1c(N=C=O)cccc1N=C=O.O=C1CCCCCN1.OCC(O)CO. The Morgan fingerprint density at radius 2 is 1.44 bits per heavy atom. The molecule has 43 heavy (non-hydrogen) atoms. The largest absolute Gasteiger partial charge is 0.396 e. The number of carbonyl (C=O) groups excluding carboxylic acids is 3. The lowest BCUT2D eigenvalue weighted by atomic mass is 9.88. The van der Waals surface area contributed by atoms with Gasteiger partial charge in [-0.3, -0.25) is 4.79 Å². The highest BCUT2D eigenvalue weighted by atomic mass is 16.6. The smallest absolute Gasteiger partial charge is 0.240 e. The third kappa shape index (κ3) is 25.4. The van der Waals surface area contributed by atoms with E-state index in [9.17, 15) is 14.4 Å². The number of hydrogen-bond donors (Lipinski definition) is 7. The van der Waals surface area contributed by atoms with Crippen LogP contribution in [-0.2, 0) is 23.9 Å². The molecule has 1 aromatic carbocycles. The average molecular weight is 616 g/mol. The molecule has 4 rings (SSSR count). The molecule has 3 aliphatic rings. The molecule has 1 amide bonds. The van der Waals surface area contributed by atoms with E-state index in [1.54, 1.807) is 25.1 Å². The number of benzene rings is 1. The number of ether oxygens (including phenoxy) is 2. The van der Waals surface area contributed by atoms with E-state index in [4.69, 9.17) is 35.4 Å². The third-order valence-electron chi connectivity index (χ3n) is 5.89. The zero-order chi connectivity index (χ0) is 32.9. The Bertz CT molecular complexity index is 871. The van der Waals surface area contributed by atoms with E-state index >= 15 is 0 Å². The second-order valence-electron chi connectivity index (χ2n) is 9.59. The van der Waals surface area contributed by atoms with E-state index in [1.807, 2.05) is 6.92 Å². The van der Waals surface area contributed by atoms with Gasteiger partial charge in [-0.1, -0.05) is 19.4 Å². The molecule has 246 valence electrons. The molecule has 7 N–H and O–H groups in total. The van der Waals surface area contributed by atoms with Crippen molar-refractivity contribution in [3.63, 3.8) is 0 Å². The Kier molecular flexibility index (Phi) is 27.5. The van der Waals surface area contributed by atoms with Gasteiger partial charge in [0.15, 0.2) is 0 Å². The second-order valence-corrected chi connectivity index (χ2v) is 9.59. The zero-order valence-electron chi connectivity index (χ0n) is 25.4. The molecule has 0 radical (unpaired) electrons. The van der Waals surface area contributed by atoms with Crippen molar-refractivity contribution >= 4 is 29.4 Å². The Balaban J connectivity index is 0. The molecule has 0 aromatic heterocycles. The van der Waals surface area contributed by atoms with Gasteiger partial charge in [-0.15, -0.1) is 0 Å². The van der Waals surface area contributed by atoms with E-state index < -0.39 is 11.5 Å². The molecule has 14 heteroatoms. The summed E-state index contributed by atoms with van der Waals surface area (Å²) in [4.78, 5) is 37.5. The summed E-state index contributed by atoms with van der Waals surface area (Å²) in [6.45, 7) is 8.27. The molecule has 0 spiro atoms.